The van der Waals surface area contributed by atoms with Gasteiger partial charge in [0.05, 0.1) is 17.6 Å². The van der Waals surface area contributed by atoms with Gasteiger partial charge in [0, 0.05) is 20.3 Å². The molecule has 0 fully saturated rings. The lowest BCUT2D eigenvalue weighted by Gasteiger charge is -2.12. The molecule has 2 heterocycles. The van der Waals surface area contributed by atoms with Gasteiger partial charge in [-0.05, 0) is 24.3 Å². The molecule has 0 radical (unpaired) electrons. The Morgan fingerprint density at radius 1 is 1.18 bits per heavy atom. The number of nitrogen functional groups attached to an aromatic ring is 1. The molecule has 0 aromatic carbocycles. The molecule has 0 aliphatic carbocycles. The highest BCUT2D eigenvalue weighted by Gasteiger charge is 2.01. The van der Waals surface area contributed by atoms with E-state index in [1.807, 2.05) is 31.1 Å². The summed E-state index contributed by atoms with van der Waals surface area (Å²) in [6, 6.07) is 7.47. The molecule has 2 aromatic heterocycles. The summed E-state index contributed by atoms with van der Waals surface area (Å²) in [5.41, 5.74) is 7.27. The number of anilines is 4. The smallest absolute Gasteiger partial charge is 0.153 e. The summed E-state index contributed by atoms with van der Waals surface area (Å²) in [7, 11) is 3.90. The van der Waals surface area contributed by atoms with Crippen LogP contribution in [0.5, 0.6) is 0 Å². The topological polar surface area (TPSA) is 67.1 Å². The van der Waals surface area contributed by atoms with Crippen molar-refractivity contribution in [2.45, 2.75) is 0 Å². The highest BCUT2D eigenvalue weighted by atomic mass is 15.1. The van der Waals surface area contributed by atoms with Gasteiger partial charge in [-0.1, -0.05) is 0 Å². The molecule has 0 spiro atoms. The minimum Gasteiger partial charge on any atom is -0.396 e. The maximum Gasteiger partial charge on any atom is 0.153 e. The van der Waals surface area contributed by atoms with Crippen molar-refractivity contribution in [3.8, 4) is 0 Å². The lowest BCUT2D eigenvalue weighted by molar-refractivity contribution is 1.07. The Hall–Kier alpha value is -2.30. The van der Waals surface area contributed by atoms with Crippen LogP contribution in [0.3, 0.4) is 0 Å². The van der Waals surface area contributed by atoms with Crippen LogP contribution in [-0.4, -0.2) is 24.1 Å². The number of nitrogens with two attached hydrogens (primary N) is 1. The van der Waals surface area contributed by atoms with Crippen LogP contribution < -0.4 is 16.0 Å². The second-order valence-electron chi connectivity index (χ2n) is 3.87. The van der Waals surface area contributed by atoms with Gasteiger partial charge in [0.15, 0.2) is 5.82 Å². The zero-order chi connectivity index (χ0) is 12.3. The summed E-state index contributed by atoms with van der Waals surface area (Å²) in [5.74, 6) is 1.55. The van der Waals surface area contributed by atoms with Crippen LogP contribution in [0.1, 0.15) is 0 Å². The molecule has 0 saturated carbocycles. The van der Waals surface area contributed by atoms with Gasteiger partial charge in [0.25, 0.3) is 0 Å². The average molecular weight is 229 g/mol. The summed E-state index contributed by atoms with van der Waals surface area (Å²) in [4.78, 5) is 10.4. The SMILES string of the molecule is CN(C)c1ccc(Nc2ncccc2N)cn1. The zero-order valence-corrected chi connectivity index (χ0v) is 9.88. The molecule has 3 N–H and O–H groups in total. The van der Waals surface area contributed by atoms with E-state index in [0.29, 0.717) is 11.5 Å². The first-order valence-electron chi connectivity index (χ1n) is 5.28. The van der Waals surface area contributed by atoms with E-state index in [2.05, 4.69) is 15.3 Å². The third-order valence-corrected chi connectivity index (χ3v) is 2.31. The minimum atomic E-state index is 0.615. The largest absolute Gasteiger partial charge is 0.396 e. The van der Waals surface area contributed by atoms with E-state index in [1.54, 1.807) is 24.5 Å². The maximum absolute atomic E-state index is 5.79. The molecular formula is C12H15N5. The van der Waals surface area contributed by atoms with Crippen LogP contribution in [-0.2, 0) is 0 Å². The fourth-order valence-electron chi connectivity index (χ4n) is 1.38. The van der Waals surface area contributed by atoms with E-state index in [4.69, 9.17) is 5.73 Å². The van der Waals surface area contributed by atoms with E-state index in [-0.39, 0.29) is 0 Å². The van der Waals surface area contributed by atoms with Gasteiger partial charge >= 0.3 is 0 Å². The Morgan fingerprint density at radius 3 is 2.59 bits per heavy atom. The van der Waals surface area contributed by atoms with Gasteiger partial charge in [-0.15, -0.1) is 0 Å². The van der Waals surface area contributed by atoms with Crippen molar-refractivity contribution in [2.24, 2.45) is 0 Å². The van der Waals surface area contributed by atoms with Gasteiger partial charge in [-0.3, -0.25) is 0 Å². The van der Waals surface area contributed by atoms with E-state index in [9.17, 15) is 0 Å². The molecule has 0 atom stereocenters. The molecule has 17 heavy (non-hydrogen) atoms. The number of nitrogens with one attached hydrogen (secondary N) is 1. The zero-order valence-electron chi connectivity index (χ0n) is 9.88. The van der Waals surface area contributed by atoms with Crippen molar-refractivity contribution in [3.05, 3.63) is 36.7 Å². The van der Waals surface area contributed by atoms with Crippen molar-refractivity contribution in [1.82, 2.24) is 9.97 Å². The van der Waals surface area contributed by atoms with Crippen LogP contribution in [0.4, 0.5) is 23.0 Å². The normalized spacial score (nSPS) is 10.0. The molecule has 88 valence electrons. The number of hydrogen-bond donors (Lipinski definition) is 2. The number of hydrogen-bond acceptors (Lipinski definition) is 5. The average Bonchev–Trinajstić information content (AvgIpc) is 2.33. The van der Waals surface area contributed by atoms with Crippen molar-refractivity contribution in [3.63, 3.8) is 0 Å². The number of pyridine rings is 2. The first-order chi connectivity index (χ1) is 8.16. The van der Waals surface area contributed by atoms with E-state index < -0.39 is 0 Å². The molecule has 2 rings (SSSR count). The number of rotatable bonds is 3. The molecule has 0 unspecified atom stereocenters. The Kier molecular flexibility index (Phi) is 3.09. The molecule has 0 amide bonds. The quantitative estimate of drug-likeness (QED) is 0.841. The van der Waals surface area contributed by atoms with Gasteiger partial charge in [-0.2, -0.15) is 0 Å². The van der Waals surface area contributed by atoms with Crippen LogP contribution >= 0.6 is 0 Å². The van der Waals surface area contributed by atoms with Gasteiger partial charge in [-0.25, -0.2) is 9.97 Å². The number of nitrogens with zero attached hydrogens (tertiary/aromatic N) is 3. The van der Waals surface area contributed by atoms with Crippen molar-refractivity contribution in [2.75, 3.05) is 30.0 Å². The molecule has 2 aromatic rings. The molecule has 5 nitrogen and oxygen atoms in total. The highest BCUT2D eigenvalue weighted by Crippen LogP contribution is 2.20. The summed E-state index contributed by atoms with van der Waals surface area (Å²) in [5, 5.41) is 3.12. The number of aromatic nitrogens is 2. The maximum atomic E-state index is 5.79. The predicted octanol–water partition coefficient (Wildman–Crippen LogP) is 1.87. The predicted molar refractivity (Wildman–Crippen MR) is 70.5 cm³/mol. The van der Waals surface area contributed by atoms with Crippen LogP contribution in [0.15, 0.2) is 36.7 Å². The van der Waals surface area contributed by atoms with Crippen molar-refractivity contribution >= 4 is 23.0 Å². The van der Waals surface area contributed by atoms with Gasteiger partial charge in [0.2, 0.25) is 0 Å². The summed E-state index contributed by atoms with van der Waals surface area (Å²) >= 11 is 0. The summed E-state index contributed by atoms with van der Waals surface area (Å²) in [6.07, 6.45) is 3.45. The standard InChI is InChI=1S/C12H15N5/c1-17(2)11-6-5-9(8-15-11)16-12-10(13)4-3-7-14-12/h3-8H,13H2,1-2H3,(H,14,16). The first kappa shape index (κ1) is 11.2. The second kappa shape index (κ2) is 4.69. The van der Waals surface area contributed by atoms with Crippen molar-refractivity contribution < 1.29 is 0 Å². The van der Waals surface area contributed by atoms with Crippen LogP contribution in [0, 0.1) is 0 Å². The van der Waals surface area contributed by atoms with Gasteiger partial charge in [0.1, 0.15) is 5.82 Å². The van der Waals surface area contributed by atoms with Crippen molar-refractivity contribution in [1.29, 1.82) is 0 Å². The molecule has 0 saturated heterocycles. The second-order valence-corrected chi connectivity index (χ2v) is 3.87. The molecule has 0 bridgehead atoms. The van der Waals surface area contributed by atoms with Gasteiger partial charge < -0.3 is 16.0 Å². The summed E-state index contributed by atoms with van der Waals surface area (Å²) in [6.45, 7) is 0. The molecule has 0 aliphatic heterocycles. The van der Waals surface area contributed by atoms with Crippen LogP contribution in [0.25, 0.3) is 0 Å². The van der Waals surface area contributed by atoms with Crippen LogP contribution in [0.2, 0.25) is 0 Å². The fraction of sp³-hybridized carbons (Fsp3) is 0.167. The fourth-order valence-corrected chi connectivity index (χ4v) is 1.38. The lowest BCUT2D eigenvalue weighted by atomic mass is 10.3. The highest BCUT2D eigenvalue weighted by molar-refractivity contribution is 5.68. The Balaban J connectivity index is 2.17. The third-order valence-electron chi connectivity index (χ3n) is 2.31. The third kappa shape index (κ3) is 2.63. The molecule has 5 heteroatoms. The Bertz CT molecular complexity index is 493. The summed E-state index contributed by atoms with van der Waals surface area (Å²) < 4.78 is 0. The van der Waals surface area contributed by atoms with E-state index in [0.717, 1.165) is 11.5 Å². The Labute approximate surface area is 100 Å². The first-order valence-corrected chi connectivity index (χ1v) is 5.28. The monoisotopic (exact) mass is 229 g/mol. The molecular weight excluding hydrogens is 214 g/mol. The van der Waals surface area contributed by atoms with E-state index >= 15 is 0 Å². The Morgan fingerprint density at radius 2 is 2.00 bits per heavy atom. The van der Waals surface area contributed by atoms with E-state index in [1.165, 1.54) is 0 Å². The minimum absolute atomic E-state index is 0.615. The lowest BCUT2D eigenvalue weighted by Crippen LogP contribution is -2.10. The molecule has 0 aliphatic rings.